The van der Waals surface area contributed by atoms with Crippen LogP contribution in [0.25, 0.3) is 0 Å². The molecule has 4 nitrogen and oxygen atoms in total. The molecule has 4 heteroatoms. The van der Waals surface area contributed by atoms with Crippen LogP contribution in [0.15, 0.2) is 24.4 Å². The van der Waals surface area contributed by atoms with Crippen molar-refractivity contribution in [3.8, 4) is 0 Å². The number of nitrogens with one attached hydrogen (secondary N) is 1. The highest BCUT2D eigenvalue weighted by Gasteiger charge is 2.08. The van der Waals surface area contributed by atoms with E-state index in [1.165, 1.54) is 0 Å². The largest absolute Gasteiger partial charge is 0.350 e. The van der Waals surface area contributed by atoms with Crippen molar-refractivity contribution in [1.29, 1.82) is 0 Å². The Morgan fingerprint density at radius 1 is 1.56 bits per heavy atom. The number of nitrogens with zero attached hydrogens (tertiary/aromatic N) is 1. The Bertz CT molecular complexity index is 313. The van der Waals surface area contributed by atoms with Crippen LogP contribution in [0.1, 0.15) is 31.9 Å². The van der Waals surface area contributed by atoms with Gasteiger partial charge in [0, 0.05) is 18.7 Å². The Hall–Kier alpha value is -1.42. The zero-order valence-electron chi connectivity index (χ0n) is 9.65. The van der Waals surface area contributed by atoms with Gasteiger partial charge in [-0.15, -0.1) is 0 Å². The minimum atomic E-state index is -0.0336. The molecule has 0 saturated carbocycles. The van der Waals surface area contributed by atoms with Crippen LogP contribution < -0.4 is 11.1 Å². The molecule has 0 aliphatic rings. The predicted octanol–water partition coefficient (Wildman–Crippen LogP) is 1.22. The molecule has 1 aromatic heterocycles. The van der Waals surface area contributed by atoms with Crippen LogP contribution in [0.3, 0.4) is 0 Å². The zero-order chi connectivity index (χ0) is 11.8. The van der Waals surface area contributed by atoms with Gasteiger partial charge in [0.15, 0.2) is 0 Å². The molecular weight excluding hydrogens is 202 g/mol. The quantitative estimate of drug-likeness (QED) is 0.758. The van der Waals surface area contributed by atoms with Crippen LogP contribution in [-0.4, -0.2) is 16.9 Å². The molecule has 0 radical (unpaired) electrons. The first-order chi connectivity index (χ1) is 7.72. The van der Waals surface area contributed by atoms with E-state index in [9.17, 15) is 4.79 Å². The van der Waals surface area contributed by atoms with Gasteiger partial charge in [-0.1, -0.05) is 19.4 Å². The first-order valence-electron chi connectivity index (χ1n) is 5.64. The summed E-state index contributed by atoms with van der Waals surface area (Å²) < 4.78 is 0. The molecule has 88 valence electrons. The van der Waals surface area contributed by atoms with Crippen LogP contribution in [0.4, 0.5) is 0 Å². The molecule has 1 amide bonds. The molecule has 1 heterocycles. The molecule has 1 rings (SSSR count). The number of hydrogen-bond donors (Lipinski definition) is 2. The third-order valence-corrected chi connectivity index (χ3v) is 2.30. The van der Waals surface area contributed by atoms with E-state index < -0.39 is 0 Å². The number of carbonyl (C=O) groups is 1. The average Bonchev–Trinajstić information content (AvgIpc) is 2.28. The fourth-order valence-corrected chi connectivity index (χ4v) is 1.47. The maximum atomic E-state index is 11.5. The predicted molar refractivity (Wildman–Crippen MR) is 63.6 cm³/mol. The van der Waals surface area contributed by atoms with Gasteiger partial charge in [0.05, 0.1) is 12.2 Å². The summed E-state index contributed by atoms with van der Waals surface area (Å²) in [6, 6.07) is 5.60. The average molecular weight is 221 g/mol. The minimum Gasteiger partial charge on any atom is -0.350 e. The van der Waals surface area contributed by atoms with Gasteiger partial charge in [-0.3, -0.25) is 9.78 Å². The van der Waals surface area contributed by atoms with Gasteiger partial charge in [0.25, 0.3) is 0 Å². The van der Waals surface area contributed by atoms with Crippen LogP contribution in [0.5, 0.6) is 0 Å². The van der Waals surface area contributed by atoms with E-state index in [1.54, 1.807) is 6.20 Å². The highest BCUT2D eigenvalue weighted by Crippen LogP contribution is 1.99. The monoisotopic (exact) mass is 221 g/mol. The van der Waals surface area contributed by atoms with E-state index in [2.05, 4.69) is 17.2 Å². The van der Waals surface area contributed by atoms with Crippen LogP contribution in [-0.2, 0) is 11.3 Å². The Morgan fingerprint density at radius 3 is 3.00 bits per heavy atom. The van der Waals surface area contributed by atoms with Gasteiger partial charge in [0.1, 0.15) is 0 Å². The van der Waals surface area contributed by atoms with Crippen molar-refractivity contribution in [3.63, 3.8) is 0 Å². The highest BCUT2D eigenvalue weighted by atomic mass is 16.1. The van der Waals surface area contributed by atoms with Crippen molar-refractivity contribution >= 4 is 5.91 Å². The van der Waals surface area contributed by atoms with Gasteiger partial charge in [-0.25, -0.2) is 0 Å². The molecule has 0 aromatic carbocycles. The summed E-state index contributed by atoms with van der Waals surface area (Å²) in [7, 11) is 0. The molecular formula is C12H19N3O. The maximum absolute atomic E-state index is 11.5. The summed E-state index contributed by atoms with van der Waals surface area (Å²) in [5.74, 6) is -0.00777. The van der Waals surface area contributed by atoms with Gasteiger partial charge >= 0.3 is 0 Å². The number of pyridine rings is 1. The Labute approximate surface area is 96.3 Å². The van der Waals surface area contributed by atoms with Gasteiger partial charge in [-0.2, -0.15) is 0 Å². The lowest BCUT2D eigenvalue weighted by Gasteiger charge is -2.10. The second kappa shape index (κ2) is 6.95. The number of hydrogen-bond acceptors (Lipinski definition) is 3. The normalized spacial score (nSPS) is 12.1. The molecule has 0 aliphatic carbocycles. The summed E-state index contributed by atoms with van der Waals surface area (Å²) in [6.45, 7) is 2.53. The van der Waals surface area contributed by atoms with Crippen LogP contribution in [0, 0.1) is 0 Å². The molecule has 0 saturated heterocycles. The van der Waals surface area contributed by atoms with E-state index in [4.69, 9.17) is 5.73 Å². The van der Waals surface area contributed by atoms with Crippen molar-refractivity contribution < 1.29 is 4.79 Å². The summed E-state index contributed by atoms with van der Waals surface area (Å²) in [4.78, 5) is 15.6. The summed E-state index contributed by atoms with van der Waals surface area (Å²) >= 11 is 0. The van der Waals surface area contributed by atoms with Crippen LogP contribution in [0.2, 0.25) is 0 Å². The van der Waals surface area contributed by atoms with E-state index in [1.807, 2.05) is 18.2 Å². The zero-order valence-corrected chi connectivity index (χ0v) is 9.65. The first kappa shape index (κ1) is 12.6. The number of aromatic nitrogens is 1. The van der Waals surface area contributed by atoms with Crippen LogP contribution >= 0.6 is 0 Å². The smallest absolute Gasteiger partial charge is 0.221 e. The van der Waals surface area contributed by atoms with Gasteiger partial charge in [-0.05, 0) is 18.6 Å². The number of rotatable bonds is 6. The van der Waals surface area contributed by atoms with Crippen molar-refractivity contribution in [2.75, 3.05) is 0 Å². The van der Waals surface area contributed by atoms with Crippen molar-refractivity contribution in [1.82, 2.24) is 10.3 Å². The van der Waals surface area contributed by atoms with E-state index in [0.717, 1.165) is 18.5 Å². The molecule has 0 spiro atoms. The molecule has 1 atom stereocenters. The van der Waals surface area contributed by atoms with Crippen molar-refractivity contribution in [2.45, 2.75) is 38.8 Å². The fourth-order valence-electron chi connectivity index (χ4n) is 1.47. The molecule has 0 aliphatic heterocycles. The van der Waals surface area contributed by atoms with E-state index >= 15 is 0 Å². The number of amides is 1. The summed E-state index contributed by atoms with van der Waals surface area (Å²) in [5.41, 5.74) is 6.64. The maximum Gasteiger partial charge on any atom is 0.221 e. The second-order valence-electron chi connectivity index (χ2n) is 3.85. The number of carbonyl (C=O) groups excluding carboxylic acids is 1. The van der Waals surface area contributed by atoms with E-state index in [-0.39, 0.29) is 11.9 Å². The standard InChI is InChI=1S/C12H19N3O/c1-2-5-10(13)8-12(16)15-9-11-6-3-4-7-14-11/h3-4,6-7,10H,2,5,8-9,13H2,1H3,(H,15,16). The summed E-state index contributed by atoms with van der Waals surface area (Å²) in [6.07, 6.45) is 4.00. The molecule has 3 N–H and O–H groups in total. The fraction of sp³-hybridized carbons (Fsp3) is 0.500. The first-order valence-corrected chi connectivity index (χ1v) is 5.64. The molecule has 0 bridgehead atoms. The van der Waals surface area contributed by atoms with Crippen molar-refractivity contribution in [2.24, 2.45) is 5.73 Å². The van der Waals surface area contributed by atoms with Gasteiger partial charge < -0.3 is 11.1 Å². The minimum absolute atomic E-state index is 0.00777. The summed E-state index contributed by atoms with van der Waals surface area (Å²) in [5, 5.41) is 2.81. The third kappa shape index (κ3) is 4.89. The number of nitrogens with two attached hydrogens (primary N) is 1. The topological polar surface area (TPSA) is 68.0 Å². The Kier molecular flexibility index (Phi) is 5.50. The second-order valence-corrected chi connectivity index (χ2v) is 3.85. The highest BCUT2D eigenvalue weighted by molar-refractivity contribution is 5.76. The third-order valence-electron chi connectivity index (χ3n) is 2.30. The molecule has 16 heavy (non-hydrogen) atoms. The Morgan fingerprint density at radius 2 is 2.38 bits per heavy atom. The Balaban J connectivity index is 2.25. The van der Waals surface area contributed by atoms with Gasteiger partial charge in [0.2, 0.25) is 5.91 Å². The lowest BCUT2D eigenvalue weighted by Crippen LogP contribution is -2.31. The molecule has 1 unspecified atom stereocenters. The lowest BCUT2D eigenvalue weighted by molar-refractivity contribution is -0.121. The molecule has 0 fully saturated rings. The molecule has 1 aromatic rings. The van der Waals surface area contributed by atoms with Crippen molar-refractivity contribution in [3.05, 3.63) is 30.1 Å². The van der Waals surface area contributed by atoms with E-state index in [0.29, 0.717) is 13.0 Å². The lowest BCUT2D eigenvalue weighted by atomic mass is 10.1. The SMILES string of the molecule is CCCC(N)CC(=O)NCc1ccccn1.